The Kier molecular flexibility index (Phi) is 4.21. The van der Waals surface area contributed by atoms with Gasteiger partial charge in [-0.1, -0.05) is 18.2 Å². The molecule has 1 amide bonds. The van der Waals surface area contributed by atoms with Crippen LogP contribution in [0.15, 0.2) is 48.3 Å². The number of hydrogen-bond donors (Lipinski definition) is 1. The van der Waals surface area contributed by atoms with E-state index in [0.717, 1.165) is 11.1 Å². The van der Waals surface area contributed by atoms with Crippen molar-refractivity contribution in [1.29, 1.82) is 0 Å². The molecule has 0 spiro atoms. The summed E-state index contributed by atoms with van der Waals surface area (Å²) in [6.45, 7) is 0. The molecule has 1 unspecified atom stereocenters. The Morgan fingerprint density at radius 1 is 1.41 bits per heavy atom. The average molecular weight is 304 g/mol. The van der Waals surface area contributed by atoms with Gasteiger partial charge in [0.2, 0.25) is 0 Å². The van der Waals surface area contributed by atoms with Crippen LogP contribution in [0.5, 0.6) is 0 Å². The van der Waals surface area contributed by atoms with Crippen molar-refractivity contribution in [3.8, 4) is 0 Å². The van der Waals surface area contributed by atoms with Gasteiger partial charge in [-0.15, -0.1) is 0 Å². The van der Waals surface area contributed by atoms with E-state index in [4.69, 9.17) is 0 Å². The van der Waals surface area contributed by atoms with Crippen molar-refractivity contribution in [1.82, 2.24) is 4.90 Å². The number of carbonyl (C=O) groups is 2. The Hall–Kier alpha value is -3.16. The highest BCUT2D eigenvalue weighted by molar-refractivity contribution is 5.90. The highest BCUT2D eigenvalue weighted by atomic mass is 16.6. The molecule has 0 fully saturated rings. The molecular weight excluding hydrogens is 292 g/mol. The summed E-state index contributed by atoms with van der Waals surface area (Å²) in [5.41, 5.74) is 0.225. The Morgan fingerprint density at radius 2 is 2.14 bits per heavy atom. The van der Waals surface area contributed by atoms with Gasteiger partial charge in [-0.3, -0.25) is 15.0 Å². The topological polar surface area (TPSA) is 110 Å². The molecule has 0 aliphatic carbocycles. The molecule has 2 rings (SSSR count). The number of allylic oxidation sites excluding steroid dienone is 1. The number of non-ortho nitro benzene ring substituents is 1. The molecule has 1 aromatic carbocycles. The highest BCUT2D eigenvalue weighted by Crippen LogP contribution is 2.31. The van der Waals surface area contributed by atoms with E-state index in [1.165, 1.54) is 37.6 Å². The summed E-state index contributed by atoms with van der Waals surface area (Å²) in [6, 6.07) is 5.70. The van der Waals surface area contributed by atoms with Crippen LogP contribution in [0.3, 0.4) is 0 Å². The molecule has 0 radical (unpaired) electrons. The normalized spacial score (nSPS) is 16.9. The maximum atomic E-state index is 11.4. The minimum Gasteiger partial charge on any atom is -0.478 e. The van der Waals surface area contributed by atoms with E-state index in [2.05, 4.69) is 4.74 Å². The smallest absolute Gasteiger partial charge is 0.417 e. The zero-order valence-corrected chi connectivity index (χ0v) is 11.5. The second-order valence-electron chi connectivity index (χ2n) is 4.44. The minimum atomic E-state index is -1.23. The molecule has 1 aromatic rings. The van der Waals surface area contributed by atoms with E-state index < -0.39 is 22.9 Å². The van der Waals surface area contributed by atoms with Gasteiger partial charge in [0, 0.05) is 30.5 Å². The number of carboxylic acid groups (broad SMARTS) is 1. The van der Waals surface area contributed by atoms with Crippen LogP contribution in [0, 0.1) is 10.1 Å². The van der Waals surface area contributed by atoms with Gasteiger partial charge in [-0.05, 0) is 5.56 Å². The van der Waals surface area contributed by atoms with Gasteiger partial charge in [0.25, 0.3) is 5.69 Å². The standard InChI is InChI=1S/C14H12N2O6/c1-22-14(19)15-6-5-11(12(8-15)13(17)18)9-3-2-4-10(7-9)16(20)21/h2-8,11H,1H3,(H,17,18). The van der Waals surface area contributed by atoms with Crippen LogP contribution in [0.4, 0.5) is 10.5 Å². The van der Waals surface area contributed by atoms with Gasteiger partial charge in [-0.2, -0.15) is 0 Å². The molecule has 1 N–H and O–H groups in total. The number of rotatable bonds is 3. The van der Waals surface area contributed by atoms with Gasteiger partial charge >= 0.3 is 12.1 Å². The molecule has 0 saturated carbocycles. The Bertz CT molecular complexity index is 694. The number of hydrogen-bond acceptors (Lipinski definition) is 5. The van der Waals surface area contributed by atoms with Gasteiger partial charge in [0.05, 0.1) is 17.6 Å². The first-order valence-corrected chi connectivity index (χ1v) is 6.18. The number of nitrogens with zero attached hydrogens (tertiary/aromatic N) is 2. The van der Waals surface area contributed by atoms with Crippen molar-refractivity contribution in [2.75, 3.05) is 7.11 Å². The number of nitro groups is 1. The van der Waals surface area contributed by atoms with Crippen LogP contribution in [-0.4, -0.2) is 34.1 Å². The lowest BCUT2D eigenvalue weighted by Gasteiger charge is -2.23. The van der Waals surface area contributed by atoms with E-state index in [9.17, 15) is 24.8 Å². The van der Waals surface area contributed by atoms with Gasteiger partial charge in [0.15, 0.2) is 0 Å². The second-order valence-corrected chi connectivity index (χ2v) is 4.44. The Labute approximate surface area is 125 Å². The monoisotopic (exact) mass is 304 g/mol. The van der Waals surface area contributed by atoms with E-state index in [1.807, 2.05) is 0 Å². The van der Waals surface area contributed by atoms with Crippen molar-refractivity contribution in [2.45, 2.75) is 5.92 Å². The molecule has 1 aliphatic rings. The largest absolute Gasteiger partial charge is 0.478 e. The summed E-state index contributed by atoms with van der Waals surface area (Å²) < 4.78 is 4.52. The summed E-state index contributed by atoms with van der Waals surface area (Å²) >= 11 is 0. The van der Waals surface area contributed by atoms with Gasteiger partial charge < -0.3 is 9.84 Å². The second kappa shape index (κ2) is 6.08. The number of benzene rings is 1. The van der Waals surface area contributed by atoms with Crippen molar-refractivity contribution < 1.29 is 24.4 Å². The Morgan fingerprint density at radius 3 is 2.73 bits per heavy atom. The molecule has 1 atom stereocenters. The quantitative estimate of drug-likeness (QED) is 0.677. The van der Waals surface area contributed by atoms with Crippen molar-refractivity contribution >= 4 is 17.7 Å². The lowest BCUT2D eigenvalue weighted by Crippen LogP contribution is -2.26. The predicted molar refractivity (Wildman–Crippen MR) is 74.9 cm³/mol. The number of methoxy groups -OCH3 is 1. The third kappa shape index (κ3) is 2.95. The number of carbonyl (C=O) groups excluding carboxylic acids is 1. The molecule has 8 heteroatoms. The van der Waals surface area contributed by atoms with Crippen molar-refractivity contribution in [3.63, 3.8) is 0 Å². The molecule has 1 aliphatic heterocycles. The van der Waals surface area contributed by atoms with Crippen molar-refractivity contribution in [2.24, 2.45) is 0 Å². The molecule has 114 valence electrons. The first kappa shape index (κ1) is 15.2. The average Bonchev–Trinajstić information content (AvgIpc) is 2.53. The number of ether oxygens (including phenoxy) is 1. The zero-order valence-electron chi connectivity index (χ0n) is 11.5. The molecule has 1 heterocycles. The fourth-order valence-corrected chi connectivity index (χ4v) is 2.09. The number of nitro benzene ring substituents is 1. The lowest BCUT2D eigenvalue weighted by molar-refractivity contribution is -0.384. The summed E-state index contributed by atoms with van der Waals surface area (Å²) in [6.07, 6.45) is 3.24. The van der Waals surface area contributed by atoms with Crippen LogP contribution in [0.2, 0.25) is 0 Å². The fraction of sp³-hybridized carbons (Fsp3) is 0.143. The van der Waals surface area contributed by atoms with Gasteiger partial charge in [-0.25, -0.2) is 9.59 Å². The van der Waals surface area contributed by atoms with Crippen LogP contribution < -0.4 is 0 Å². The van der Waals surface area contributed by atoms with E-state index >= 15 is 0 Å². The summed E-state index contributed by atoms with van der Waals surface area (Å²) in [7, 11) is 1.18. The Balaban J connectivity index is 2.41. The molecule has 0 saturated heterocycles. The first-order valence-electron chi connectivity index (χ1n) is 6.18. The lowest BCUT2D eigenvalue weighted by atomic mass is 9.89. The molecular formula is C14H12N2O6. The predicted octanol–water partition coefficient (Wildman–Crippen LogP) is 2.24. The SMILES string of the molecule is COC(=O)N1C=CC(c2cccc([N+](=O)[O-])c2)C(C(=O)O)=C1. The third-order valence-corrected chi connectivity index (χ3v) is 3.12. The van der Waals surface area contributed by atoms with E-state index in [-0.39, 0.29) is 11.3 Å². The van der Waals surface area contributed by atoms with Gasteiger partial charge in [0.1, 0.15) is 0 Å². The maximum absolute atomic E-state index is 11.4. The number of amides is 1. The summed E-state index contributed by atoms with van der Waals surface area (Å²) in [4.78, 5) is 34.1. The van der Waals surface area contributed by atoms with Crippen LogP contribution >= 0.6 is 0 Å². The summed E-state index contributed by atoms with van der Waals surface area (Å²) in [5.74, 6) is -1.92. The molecule has 0 aromatic heterocycles. The molecule has 22 heavy (non-hydrogen) atoms. The third-order valence-electron chi connectivity index (χ3n) is 3.12. The van der Waals surface area contributed by atoms with Crippen molar-refractivity contribution in [3.05, 3.63) is 64.0 Å². The fourth-order valence-electron chi connectivity index (χ4n) is 2.09. The van der Waals surface area contributed by atoms with Crippen LogP contribution in [0.25, 0.3) is 0 Å². The van der Waals surface area contributed by atoms with E-state index in [0.29, 0.717) is 5.56 Å². The molecule has 8 nitrogen and oxygen atoms in total. The zero-order chi connectivity index (χ0) is 16.3. The summed E-state index contributed by atoms with van der Waals surface area (Å²) in [5, 5.41) is 20.1. The number of aliphatic carboxylic acids is 1. The highest BCUT2D eigenvalue weighted by Gasteiger charge is 2.27. The van der Waals surface area contributed by atoms with Crippen LogP contribution in [-0.2, 0) is 9.53 Å². The van der Waals surface area contributed by atoms with E-state index in [1.54, 1.807) is 6.07 Å². The van der Waals surface area contributed by atoms with Crippen LogP contribution in [0.1, 0.15) is 11.5 Å². The molecule has 0 bridgehead atoms. The maximum Gasteiger partial charge on any atom is 0.417 e. The minimum absolute atomic E-state index is 0.0894. The first-order chi connectivity index (χ1) is 10.4. The number of carboxylic acids is 1.